The summed E-state index contributed by atoms with van der Waals surface area (Å²) in [6.07, 6.45) is 0.607. The molecule has 1 aliphatic rings. The van der Waals surface area contributed by atoms with Crippen LogP contribution < -0.4 is 11.1 Å². The van der Waals surface area contributed by atoms with E-state index < -0.39 is 5.54 Å². The summed E-state index contributed by atoms with van der Waals surface area (Å²) in [6, 6.07) is 0.103. The minimum Gasteiger partial charge on any atom is -0.379 e. The quantitative estimate of drug-likeness (QED) is 0.709. The van der Waals surface area contributed by atoms with Crippen LogP contribution in [0.15, 0.2) is 0 Å². The van der Waals surface area contributed by atoms with Gasteiger partial charge in [0, 0.05) is 12.6 Å². The zero-order valence-electron chi connectivity index (χ0n) is 10.1. The first kappa shape index (κ1) is 12.5. The van der Waals surface area contributed by atoms with Crippen LogP contribution in [-0.2, 0) is 9.53 Å². The third-order valence-electron chi connectivity index (χ3n) is 3.15. The number of carbonyl (C=O) groups excluding carboxylic acids is 1. The number of rotatable bonds is 2. The Morgan fingerprint density at radius 2 is 2.13 bits per heavy atom. The van der Waals surface area contributed by atoms with Crippen LogP contribution in [0.3, 0.4) is 0 Å². The summed E-state index contributed by atoms with van der Waals surface area (Å²) in [5.41, 5.74) is 5.18. The number of hydrogen-bond acceptors (Lipinski definition) is 3. The van der Waals surface area contributed by atoms with E-state index in [0.29, 0.717) is 19.6 Å². The molecule has 0 aromatic rings. The molecular formula is C11H22N2O2. The van der Waals surface area contributed by atoms with Gasteiger partial charge in [0.05, 0.1) is 6.61 Å². The summed E-state index contributed by atoms with van der Waals surface area (Å²) in [5, 5.41) is 2.96. The van der Waals surface area contributed by atoms with E-state index in [1.807, 2.05) is 6.92 Å². The second-order valence-corrected chi connectivity index (χ2v) is 5.52. The highest BCUT2D eigenvalue weighted by Gasteiger charge is 2.39. The van der Waals surface area contributed by atoms with E-state index >= 15 is 0 Å². The molecule has 4 nitrogen and oxygen atoms in total. The van der Waals surface area contributed by atoms with Gasteiger partial charge in [-0.1, -0.05) is 20.8 Å². The van der Waals surface area contributed by atoms with Crippen LogP contribution in [0.2, 0.25) is 0 Å². The van der Waals surface area contributed by atoms with Gasteiger partial charge in [0.1, 0.15) is 5.54 Å². The molecule has 1 aliphatic heterocycles. The second-order valence-electron chi connectivity index (χ2n) is 5.52. The third kappa shape index (κ3) is 2.92. The highest BCUT2D eigenvalue weighted by molar-refractivity contribution is 5.86. The summed E-state index contributed by atoms with van der Waals surface area (Å²) in [5.74, 6) is -0.0950. The lowest BCUT2D eigenvalue weighted by atomic mass is 9.87. The molecule has 1 saturated heterocycles. The molecule has 4 heteroatoms. The Morgan fingerprint density at radius 3 is 2.53 bits per heavy atom. The van der Waals surface area contributed by atoms with Gasteiger partial charge >= 0.3 is 0 Å². The van der Waals surface area contributed by atoms with Gasteiger partial charge in [0.2, 0.25) is 5.91 Å². The Kier molecular flexibility index (Phi) is 3.41. The van der Waals surface area contributed by atoms with E-state index in [1.165, 1.54) is 0 Å². The first-order valence-corrected chi connectivity index (χ1v) is 5.43. The van der Waals surface area contributed by atoms with Crippen LogP contribution in [0.25, 0.3) is 0 Å². The topological polar surface area (TPSA) is 64.4 Å². The van der Waals surface area contributed by atoms with Crippen molar-refractivity contribution < 1.29 is 9.53 Å². The Labute approximate surface area is 91.5 Å². The number of hydrogen-bond donors (Lipinski definition) is 2. The normalized spacial score (nSPS) is 28.9. The molecule has 2 unspecified atom stereocenters. The highest BCUT2D eigenvalue weighted by atomic mass is 16.5. The Hall–Kier alpha value is -0.610. The van der Waals surface area contributed by atoms with E-state index in [4.69, 9.17) is 10.5 Å². The SMILES string of the molecule is CC(NC(=O)C1(N)CCOC1)C(C)(C)C. The fraction of sp³-hybridized carbons (Fsp3) is 0.909. The number of ether oxygens (including phenoxy) is 1. The summed E-state index contributed by atoms with van der Waals surface area (Å²) in [4.78, 5) is 11.9. The maximum Gasteiger partial charge on any atom is 0.242 e. The molecule has 1 fully saturated rings. The molecule has 1 rings (SSSR count). The van der Waals surface area contributed by atoms with E-state index in [9.17, 15) is 4.79 Å². The zero-order chi connectivity index (χ0) is 11.7. The third-order valence-corrected chi connectivity index (χ3v) is 3.15. The fourth-order valence-electron chi connectivity index (χ4n) is 1.32. The summed E-state index contributed by atoms with van der Waals surface area (Å²) < 4.78 is 5.16. The Balaban J connectivity index is 2.55. The van der Waals surface area contributed by atoms with E-state index in [0.717, 1.165) is 0 Å². The molecule has 15 heavy (non-hydrogen) atoms. The van der Waals surface area contributed by atoms with Crippen LogP contribution in [0.1, 0.15) is 34.1 Å². The van der Waals surface area contributed by atoms with Crippen LogP contribution in [0, 0.1) is 5.41 Å². The summed E-state index contributed by atoms with van der Waals surface area (Å²) in [6.45, 7) is 9.17. The van der Waals surface area contributed by atoms with Gasteiger partial charge < -0.3 is 15.8 Å². The van der Waals surface area contributed by atoms with Crippen molar-refractivity contribution in [2.24, 2.45) is 11.1 Å². The number of amides is 1. The maximum absolute atomic E-state index is 11.9. The van der Waals surface area contributed by atoms with Gasteiger partial charge in [-0.05, 0) is 18.8 Å². The van der Waals surface area contributed by atoms with Crippen molar-refractivity contribution in [3.05, 3.63) is 0 Å². The molecule has 2 atom stereocenters. The molecule has 1 amide bonds. The van der Waals surface area contributed by atoms with Gasteiger partial charge in [-0.3, -0.25) is 4.79 Å². The van der Waals surface area contributed by atoms with Crippen LogP contribution in [0.5, 0.6) is 0 Å². The lowest BCUT2D eigenvalue weighted by Gasteiger charge is -2.31. The average Bonchev–Trinajstić information content (AvgIpc) is 2.51. The van der Waals surface area contributed by atoms with Crippen molar-refractivity contribution in [3.8, 4) is 0 Å². The predicted octanol–water partition coefficient (Wildman–Crippen LogP) is 0.655. The largest absolute Gasteiger partial charge is 0.379 e. The lowest BCUT2D eigenvalue weighted by molar-refractivity contribution is -0.127. The van der Waals surface area contributed by atoms with Gasteiger partial charge in [-0.15, -0.1) is 0 Å². The molecule has 0 saturated carbocycles. The molecule has 88 valence electrons. The van der Waals surface area contributed by atoms with E-state index in [2.05, 4.69) is 26.1 Å². The van der Waals surface area contributed by atoms with Gasteiger partial charge in [0.15, 0.2) is 0 Å². The molecule has 3 N–H and O–H groups in total. The maximum atomic E-state index is 11.9. The first-order chi connectivity index (χ1) is 6.76. The highest BCUT2D eigenvalue weighted by Crippen LogP contribution is 2.21. The molecule has 0 aliphatic carbocycles. The number of nitrogens with two attached hydrogens (primary N) is 1. The van der Waals surface area contributed by atoms with Crippen molar-refractivity contribution in [3.63, 3.8) is 0 Å². The minimum atomic E-state index is -0.820. The smallest absolute Gasteiger partial charge is 0.242 e. The summed E-state index contributed by atoms with van der Waals surface area (Å²) >= 11 is 0. The van der Waals surface area contributed by atoms with Crippen molar-refractivity contribution in [2.45, 2.75) is 45.7 Å². The van der Waals surface area contributed by atoms with Crippen LogP contribution in [0.4, 0.5) is 0 Å². The first-order valence-electron chi connectivity index (χ1n) is 5.43. The van der Waals surface area contributed by atoms with Crippen molar-refractivity contribution in [2.75, 3.05) is 13.2 Å². The summed E-state index contributed by atoms with van der Waals surface area (Å²) in [7, 11) is 0. The second kappa shape index (κ2) is 4.10. The average molecular weight is 214 g/mol. The van der Waals surface area contributed by atoms with E-state index in [1.54, 1.807) is 0 Å². The van der Waals surface area contributed by atoms with Crippen molar-refractivity contribution in [1.29, 1.82) is 0 Å². The Morgan fingerprint density at radius 1 is 1.53 bits per heavy atom. The van der Waals surface area contributed by atoms with E-state index in [-0.39, 0.29) is 17.4 Å². The van der Waals surface area contributed by atoms with Crippen molar-refractivity contribution >= 4 is 5.91 Å². The molecular weight excluding hydrogens is 192 g/mol. The lowest BCUT2D eigenvalue weighted by Crippen LogP contribution is -2.58. The van der Waals surface area contributed by atoms with Gasteiger partial charge in [-0.25, -0.2) is 0 Å². The molecule has 0 aromatic heterocycles. The number of nitrogens with one attached hydrogen (secondary N) is 1. The molecule has 0 spiro atoms. The van der Waals surface area contributed by atoms with Gasteiger partial charge in [-0.2, -0.15) is 0 Å². The molecule has 0 bridgehead atoms. The van der Waals surface area contributed by atoms with Crippen LogP contribution >= 0.6 is 0 Å². The molecule has 0 radical (unpaired) electrons. The Bertz CT molecular complexity index is 239. The predicted molar refractivity (Wildman–Crippen MR) is 59.4 cm³/mol. The fourth-order valence-corrected chi connectivity index (χ4v) is 1.32. The van der Waals surface area contributed by atoms with Crippen molar-refractivity contribution in [1.82, 2.24) is 5.32 Å². The standard InChI is InChI=1S/C11H22N2O2/c1-8(10(2,3)4)13-9(14)11(12)5-6-15-7-11/h8H,5-7,12H2,1-4H3,(H,13,14). The zero-order valence-corrected chi connectivity index (χ0v) is 10.1. The van der Waals surface area contributed by atoms with Gasteiger partial charge in [0.25, 0.3) is 0 Å². The molecule has 1 heterocycles. The molecule has 0 aromatic carbocycles. The minimum absolute atomic E-state index is 0.0471. The number of carbonyl (C=O) groups is 1. The monoisotopic (exact) mass is 214 g/mol. The van der Waals surface area contributed by atoms with Crippen LogP contribution in [-0.4, -0.2) is 30.7 Å².